The molecule has 0 aromatic carbocycles. The van der Waals surface area contributed by atoms with Crippen LogP contribution in [0, 0.1) is 5.92 Å². The van der Waals surface area contributed by atoms with Crippen molar-refractivity contribution in [2.45, 2.75) is 25.8 Å². The monoisotopic (exact) mass is 227 g/mol. The van der Waals surface area contributed by atoms with Crippen LogP contribution in [-0.4, -0.2) is 41.3 Å². The number of hydrogen-bond donors (Lipinski definition) is 1. The summed E-state index contributed by atoms with van der Waals surface area (Å²) >= 11 is 0. The number of nitrogens with zero attached hydrogens (tertiary/aromatic N) is 1. The van der Waals surface area contributed by atoms with Crippen LogP contribution in [0.2, 0.25) is 0 Å². The summed E-state index contributed by atoms with van der Waals surface area (Å²) in [5.74, 6) is -1.35. The van der Waals surface area contributed by atoms with E-state index in [1.54, 1.807) is 6.92 Å². The summed E-state index contributed by atoms with van der Waals surface area (Å²) in [5, 5.41) is 8.99. The predicted molar refractivity (Wildman–Crippen MR) is 58.1 cm³/mol. The van der Waals surface area contributed by atoms with Gasteiger partial charge < -0.3 is 14.7 Å². The molecular weight excluding hydrogens is 210 g/mol. The van der Waals surface area contributed by atoms with E-state index >= 15 is 0 Å². The predicted octanol–water partition coefficient (Wildman–Crippen LogP) is 1.49. The molecule has 1 amide bonds. The maximum Gasteiger partial charge on any atom is 0.410 e. The average Bonchev–Trinajstić information content (AvgIpc) is 2.25. The van der Waals surface area contributed by atoms with Gasteiger partial charge in [-0.25, -0.2) is 4.79 Å². The number of rotatable bonds is 3. The topological polar surface area (TPSA) is 66.8 Å². The normalized spacial score (nSPS) is 24.9. The highest BCUT2D eigenvalue weighted by Gasteiger charge is 2.35. The van der Waals surface area contributed by atoms with E-state index in [4.69, 9.17) is 9.84 Å². The molecule has 5 heteroatoms. The van der Waals surface area contributed by atoms with Gasteiger partial charge in [0.25, 0.3) is 0 Å². The molecule has 1 saturated heterocycles. The van der Waals surface area contributed by atoms with Crippen LogP contribution in [0.15, 0.2) is 12.7 Å². The lowest BCUT2D eigenvalue weighted by molar-refractivity contribution is -0.145. The van der Waals surface area contributed by atoms with Gasteiger partial charge in [0, 0.05) is 12.6 Å². The number of carbonyl (C=O) groups is 2. The first-order valence-electron chi connectivity index (χ1n) is 5.35. The minimum Gasteiger partial charge on any atom is -0.481 e. The SMILES string of the molecule is C=CCOC(=O)N1CCC[C@@H](C(=O)O)[C@H]1C. The Morgan fingerprint density at radius 3 is 2.88 bits per heavy atom. The van der Waals surface area contributed by atoms with E-state index in [9.17, 15) is 9.59 Å². The Kier molecular flexibility index (Phi) is 4.34. The van der Waals surface area contributed by atoms with Gasteiger partial charge in [-0.1, -0.05) is 12.7 Å². The molecule has 0 saturated carbocycles. The van der Waals surface area contributed by atoms with Crippen molar-refractivity contribution in [3.05, 3.63) is 12.7 Å². The summed E-state index contributed by atoms with van der Waals surface area (Å²) in [6.07, 6.45) is 2.34. The van der Waals surface area contributed by atoms with Gasteiger partial charge in [0.1, 0.15) is 6.61 Å². The van der Waals surface area contributed by atoms with Crippen LogP contribution in [0.5, 0.6) is 0 Å². The number of carboxylic acids is 1. The first-order chi connectivity index (χ1) is 7.57. The molecule has 1 aliphatic rings. The van der Waals surface area contributed by atoms with Crippen molar-refractivity contribution in [1.82, 2.24) is 4.90 Å². The van der Waals surface area contributed by atoms with E-state index in [0.29, 0.717) is 19.4 Å². The minimum absolute atomic E-state index is 0.153. The number of likely N-dealkylation sites (tertiary alicyclic amines) is 1. The number of hydrogen-bond acceptors (Lipinski definition) is 3. The third kappa shape index (κ3) is 2.74. The Hall–Kier alpha value is -1.52. The van der Waals surface area contributed by atoms with Crippen molar-refractivity contribution in [1.29, 1.82) is 0 Å². The molecule has 16 heavy (non-hydrogen) atoms. The van der Waals surface area contributed by atoms with Gasteiger partial charge in [-0.05, 0) is 19.8 Å². The van der Waals surface area contributed by atoms with E-state index in [0.717, 1.165) is 0 Å². The summed E-state index contributed by atoms with van der Waals surface area (Å²) in [6.45, 7) is 5.90. The van der Waals surface area contributed by atoms with Gasteiger partial charge in [0.2, 0.25) is 0 Å². The summed E-state index contributed by atoms with van der Waals surface area (Å²) in [7, 11) is 0. The van der Waals surface area contributed by atoms with Gasteiger partial charge in [0.15, 0.2) is 0 Å². The van der Waals surface area contributed by atoms with E-state index in [1.165, 1.54) is 11.0 Å². The zero-order chi connectivity index (χ0) is 12.1. The van der Waals surface area contributed by atoms with Gasteiger partial charge in [-0.15, -0.1) is 0 Å². The summed E-state index contributed by atoms with van der Waals surface area (Å²) in [5.41, 5.74) is 0. The second-order valence-corrected chi connectivity index (χ2v) is 3.89. The zero-order valence-electron chi connectivity index (χ0n) is 9.39. The van der Waals surface area contributed by atoms with Crippen LogP contribution < -0.4 is 0 Å². The molecule has 1 rings (SSSR count). The molecule has 0 bridgehead atoms. The number of amides is 1. The zero-order valence-corrected chi connectivity index (χ0v) is 9.39. The minimum atomic E-state index is -0.853. The van der Waals surface area contributed by atoms with Crippen LogP contribution in [0.25, 0.3) is 0 Å². The number of carbonyl (C=O) groups excluding carboxylic acids is 1. The fourth-order valence-electron chi connectivity index (χ4n) is 1.94. The summed E-state index contributed by atoms with van der Waals surface area (Å²) in [6, 6.07) is -0.316. The quantitative estimate of drug-likeness (QED) is 0.742. The van der Waals surface area contributed by atoms with Crippen LogP contribution >= 0.6 is 0 Å². The molecule has 1 fully saturated rings. The van der Waals surface area contributed by atoms with E-state index in [-0.39, 0.29) is 12.6 Å². The molecule has 0 aromatic heterocycles. The second kappa shape index (κ2) is 5.53. The average molecular weight is 227 g/mol. The lowest BCUT2D eigenvalue weighted by Crippen LogP contribution is -2.49. The second-order valence-electron chi connectivity index (χ2n) is 3.89. The van der Waals surface area contributed by atoms with Crippen molar-refractivity contribution in [3.63, 3.8) is 0 Å². The third-order valence-electron chi connectivity index (χ3n) is 2.86. The number of ether oxygens (including phenoxy) is 1. The molecular formula is C11H17NO4. The fraction of sp³-hybridized carbons (Fsp3) is 0.636. The van der Waals surface area contributed by atoms with Gasteiger partial charge in [-0.2, -0.15) is 0 Å². The maximum absolute atomic E-state index is 11.6. The summed E-state index contributed by atoms with van der Waals surface area (Å²) < 4.78 is 4.91. The molecule has 5 nitrogen and oxygen atoms in total. The number of piperidine rings is 1. The number of aliphatic carboxylic acids is 1. The molecule has 0 spiro atoms. The van der Waals surface area contributed by atoms with E-state index in [2.05, 4.69) is 6.58 Å². The highest BCUT2D eigenvalue weighted by Crippen LogP contribution is 2.24. The lowest BCUT2D eigenvalue weighted by atomic mass is 9.91. The Balaban J connectivity index is 2.62. The van der Waals surface area contributed by atoms with Crippen LogP contribution in [-0.2, 0) is 9.53 Å². The fourth-order valence-corrected chi connectivity index (χ4v) is 1.94. The van der Waals surface area contributed by atoms with Crippen LogP contribution in [0.3, 0.4) is 0 Å². The van der Waals surface area contributed by atoms with E-state index < -0.39 is 18.0 Å². The van der Waals surface area contributed by atoms with Gasteiger partial charge >= 0.3 is 12.1 Å². The third-order valence-corrected chi connectivity index (χ3v) is 2.86. The summed E-state index contributed by atoms with van der Waals surface area (Å²) in [4.78, 5) is 24.0. The highest BCUT2D eigenvalue weighted by molar-refractivity contribution is 5.74. The van der Waals surface area contributed by atoms with Crippen molar-refractivity contribution >= 4 is 12.1 Å². The Morgan fingerprint density at radius 1 is 1.62 bits per heavy atom. The van der Waals surface area contributed by atoms with E-state index in [1.807, 2.05) is 0 Å². The maximum atomic E-state index is 11.6. The highest BCUT2D eigenvalue weighted by atomic mass is 16.6. The molecule has 1 heterocycles. The molecule has 2 atom stereocenters. The van der Waals surface area contributed by atoms with Crippen LogP contribution in [0.4, 0.5) is 4.79 Å². The van der Waals surface area contributed by atoms with Gasteiger partial charge in [-0.3, -0.25) is 4.79 Å². The Labute approximate surface area is 94.7 Å². The standard InChI is InChI=1S/C11H17NO4/c1-3-7-16-11(15)12-6-4-5-9(8(12)2)10(13)14/h3,8-9H,1,4-7H2,2H3,(H,13,14)/t8-,9-/m1/s1. The first-order valence-corrected chi connectivity index (χ1v) is 5.35. The van der Waals surface area contributed by atoms with Crippen molar-refractivity contribution in [2.24, 2.45) is 5.92 Å². The van der Waals surface area contributed by atoms with Gasteiger partial charge in [0.05, 0.1) is 5.92 Å². The number of carboxylic acid groups (broad SMARTS) is 1. The molecule has 0 unspecified atom stereocenters. The largest absolute Gasteiger partial charge is 0.481 e. The molecule has 0 aliphatic carbocycles. The smallest absolute Gasteiger partial charge is 0.410 e. The Bertz CT molecular complexity index is 290. The van der Waals surface area contributed by atoms with Crippen molar-refractivity contribution in [3.8, 4) is 0 Å². The molecule has 0 radical (unpaired) electrons. The lowest BCUT2D eigenvalue weighted by Gasteiger charge is -2.36. The first kappa shape index (κ1) is 12.5. The van der Waals surface area contributed by atoms with Crippen LogP contribution in [0.1, 0.15) is 19.8 Å². The molecule has 0 aromatic rings. The molecule has 1 aliphatic heterocycles. The molecule has 90 valence electrons. The Morgan fingerprint density at radius 2 is 2.31 bits per heavy atom. The van der Waals surface area contributed by atoms with Crippen molar-refractivity contribution in [2.75, 3.05) is 13.2 Å². The van der Waals surface area contributed by atoms with Crippen molar-refractivity contribution < 1.29 is 19.4 Å². The molecule has 1 N–H and O–H groups in total.